The third kappa shape index (κ3) is 2.55. The van der Waals surface area contributed by atoms with Crippen molar-refractivity contribution in [1.82, 2.24) is 10.2 Å². The summed E-state index contributed by atoms with van der Waals surface area (Å²) in [7, 11) is 1.40. The minimum absolute atomic E-state index is 0.284. The van der Waals surface area contributed by atoms with Crippen molar-refractivity contribution in [2.45, 2.75) is 18.9 Å². The maximum Gasteiger partial charge on any atom is 0.330 e. The molecule has 1 aromatic carbocycles. The van der Waals surface area contributed by atoms with Crippen LogP contribution < -0.4 is 5.32 Å². The van der Waals surface area contributed by atoms with Gasteiger partial charge in [-0.15, -0.1) is 0 Å². The lowest BCUT2D eigenvalue weighted by Gasteiger charge is -2.43. The van der Waals surface area contributed by atoms with Crippen LogP contribution in [0.1, 0.15) is 18.9 Å². The Bertz CT molecular complexity index is 457. The number of ether oxygens (including phenoxy) is 1. The number of nitrogens with one attached hydrogen (secondary N) is 1. The molecule has 0 radical (unpaired) electrons. The van der Waals surface area contributed by atoms with Crippen molar-refractivity contribution >= 4 is 5.97 Å². The molecular formula is C15H21FN2O2. The number of hydrogen-bond donors (Lipinski definition) is 1. The van der Waals surface area contributed by atoms with Gasteiger partial charge in [0.25, 0.3) is 0 Å². The van der Waals surface area contributed by atoms with Crippen molar-refractivity contribution in [2.24, 2.45) is 0 Å². The average molecular weight is 280 g/mol. The third-order valence-corrected chi connectivity index (χ3v) is 4.01. The van der Waals surface area contributed by atoms with Gasteiger partial charge >= 0.3 is 5.97 Å². The highest BCUT2D eigenvalue weighted by atomic mass is 19.1. The molecule has 5 heteroatoms. The first kappa shape index (κ1) is 14.9. The van der Waals surface area contributed by atoms with E-state index < -0.39 is 5.54 Å². The number of esters is 1. The van der Waals surface area contributed by atoms with Crippen LogP contribution in [0.5, 0.6) is 0 Å². The van der Waals surface area contributed by atoms with Crippen LogP contribution >= 0.6 is 0 Å². The number of piperazine rings is 1. The highest BCUT2D eigenvalue weighted by Gasteiger charge is 2.45. The molecule has 0 amide bonds. The molecule has 2 rings (SSSR count). The van der Waals surface area contributed by atoms with Crippen molar-refractivity contribution < 1.29 is 13.9 Å². The zero-order valence-corrected chi connectivity index (χ0v) is 12.0. The first-order valence-electron chi connectivity index (χ1n) is 6.95. The largest absolute Gasteiger partial charge is 0.467 e. The van der Waals surface area contributed by atoms with Gasteiger partial charge in [0.05, 0.1) is 7.11 Å². The number of halogens is 1. The van der Waals surface area contributed by atoms with Crippen LogP contribution in [-0.2, 0) is 15.1 Å². The minimum atomic E-state index is -0.829. The van der Waals surface area contributed by atoms with Crippen molar-refractivity contribution in [3.63, 3.8) is 0 Å². The lowest BCUT2D eigenvalue weighted by Crippen LogP contribution is -2.58. The Balaban J connectivity index is 2.46. The van der Waals surface area contributed by atoms with Crippen molar-refractivity contribution in [1.29, 1.82) is 0 Å². The van der Waals surface area contributed by atoms with Crippen LogP contribution in [0.3, 0.4) is 0 Å². The van der Waals surface area contributed by atoms with Crippen molar-refractivity contribution in [3.8, 4) is 0 Å². The van der Waals surface area contributed by atoms with Gasteiger partial charge in [0.1, 0.15) is 11.4 Å². The number of carbonyl (C=O) groups is 1. The SMILES string of the molecule is CCC(C(=O)OC)(c1ccc(F)cc1)N1CCNCC1. The molecule has 1 saturated heterocycles. The fourth-order valence-corrected chi connectivity index (χ4v) is 2.94. The number of benzene rings is 1. The van der Waals surface area contributed by atoms with E-state index in [0.29, 0.717) is 6.42 Å². The summed E-state index contributed by atoms with van der Waals surface area (Å²) in [6.45, 7) is 5.16. The first-order valence-corrected chi connectivity index (χ1v) is 6.95. The summed E-state index contributed by atoms with van der Waals surface area (Å²) < 4.78 is 18.2. The Morgan fingerprint density at radius 2 is 1.95 bits per heavy atom. The first-order chi connectivity index (χ1) is 9.65. The van der Waals surface area contributed by atoms with Crippen LogP contribution in [0.4, 0.5) is 4.39 Å². The molecule has 1 aliphatic rings. The van der Waals surface area contributed by atoms with Gasteiger partial charge < -0.3 is 10.1 Å². The molecule has 4 nitrogen and oxygen atoms in total. The van der Waals surface area contributed by atoms with Crippen LogP contribution in [-0.4, -0.2) is 44.2 Å². The molecule has 110 valence electrons. The molecule has 20 heavy (non-hydrogen) atoms. The van der Waals surface area contributed by atoms with Gasteiger partial charge in [-0.1, -0.05) is 19.1 Å². The molecule has 1 aliphatic heterocycles. The Kier molecular flexibility index (Phi) is 4.73. The third-order valence-electron chi connectivity index (χ3n) is 4.01. The number of carbonyl (C=O) groups excluding carboxylic acids is 1. The second-order valence-corrected chi connectivity index (χ2v) is 4.95. The molecule has 1 atom stereocenters. The second kappa shape index (κ2) is 6.33. The Morgan fingerprint density at radius 3 is 2.45 bits per heavy atom. The smallest absolute Gasteiger partial charge is 0.330 e. The standard InChI is InChI=1S/C15H21FN2O2/c1-3-15(14(19)20-2,18-10-8-17-9-11-18)12-4-6-13(16)7-5-12/h4-7,17H,3,8-11H2,1-2H3. The highest BCUT2D eigenvalue weighted by Crippen LogP contribution is 2.34. The maximum absolute atomic E-state index is 13.2. The Hall–Kier alpha value is -1.46. The predicted molar refractivity (Wildman–Crippen MR) is 74.8 cm³/mol. The summed E-state index contributed by atoms with van der Waals surface area (Å²) in [5, 5.41) is 3.27. The summed E-state index contributed by atoms with van der Waals surface area (Å²) in [6, 6.07) is 6.14. The summed E-state index contributed by atoms with van der Waals surface area (Å²) in [4.78, 5) is 14.6. The quantitative estimate of drug-likeness (QED) is 0.849. The average Bonchev–Trinajstić information content (AvgIpc) is 2.51. The molecule has 1 unspecified atom stereocenters. The topological polar surface area (TPSA) is 41.6 Å². The molecule has 0 aromatic heterocycles. The molecule has 1 fully saturated rings. The molecular weight excluding hydrogens is 259 g/mol. The van der Waals surface area contributed by atoms with Gasteiger partial charge in [-0.3, -0.25) is 4.90 Å². The number of hydrogen-bond acceptors (Lipinski definition) is 4. The summed E-state index contributed by atoms with van der Waals surface area (Å²) in [5.41, 5.74) is -0.0416. The lowest BCUT2D eigenvalue weighted by atomic mass is 9.84. The van der Waals surface area contributed by atoms with Crippen molar-refractivity contribution in [3.05, 3.63) is 35.6 Å². The molecule has 1 aromatic rings. The van der Waals surface area contributed by atoms with Gasteiger partial charge in [-0.05, 0) is 24.1 Å². The minimum Gasteiger partial charge on any atom is -0.467 e. The zero-order chi connectivity index (χ0) is 14.6. The molecule has 0 saturated carbocycles. The van der Waals surface area contributed by atoms with Gasteiger partial charge in [-0.2, -0.15) is 0 Å². The number of rotatable bonds is 4. The van der Waals surface area contributed by atoms with Gasteiger partial charge in [0, 0.05) is 26.2 Å². The predicted octanol–water partition coefficient (Wildman–Crippen LogP) is 1.51. The van der Waals surface area contributed by atoms with E-state index in [1.165, 1.54) is 19.2 Å². The molecule has 0 bridgehead atoms. The summed E-state index contributed by atoms with van der Waals surface area (Å²) >= 11 is 0. The van der Waals surface area contributed by atoms with E-state index in [1.807, 2.05) is 6.92 Å². The highest BCUT2D eigenvalue weighted by molar-refractivity contribution is 5.82. The van der Waals surface area contributed by atoms with E-state index >= 15 is 0 Å². The van der Waals surface area contributed by atoms with E-state index in [1.54, 1.807) is 12.1 Å². The van der Waals surface area contributed by atoms with E-state index in [0.717, 1.165) is 31.7 Å². The monoisotopic (exact) mass is 280 g/mol. The molecule has 0 aliphatic carbocycles. The lowest BCUT2D eigenvalue weighted by molar-refractivity contribution is -0.157. The van der Waals surface area contributed by atoms with Crippen molar-refractivity contribution in [2.75, 3.05) is 33.3 Å². The van der Waals surface area contributed by atoms with E-state index in [2.05, 4.69) is 10.2 Å². The van der Waals surface area contributed by atoms with Gasteiger partial charge in [-0.25, -0.2) is 9.18 Å². The fraction of sp³-hybridized carbons (Fsp3) is 0.533. The van der Waals surface area contributed by atoms with Crippen LogP contribution in [0.25, 0.3) is 0 Å². The number of methoxy groups -OCH3 is 1. The maximum atomic E-state index is 13.2. The fourth-order valence-electron chi connectivity index (χ4n) is 2.94. The van der Waals surface area contributed by atoms with Crippen LogP contribution in [0.15, 0.2) is 24.3 Å². The molecule has 0 spiro atoms. The van der Waals surface area contributed by atoms with Crippen LogP contribution in [0, 0.1) is 5.82 Å². The Morgan fingerprint density at radius 1 is 1.35 bits per heavy atom. The van der Waals surface area contributed by atoms with Crippen LogP contribution in [0.2, 0.25) is 0 Å². The van der Waals surface area contributed by atoms with Gasteiger partial charge in [0.2, 0.25) is 0 Å². The van der Waals surface area contributed by atoms with E-state index in [-0.39, 0.29) is 11.8 Å². The second-order valence-electron chi connectivity index (χ2n) is 4.95. The summed E-state index contributed by atoms with van der Waals surface area (Å²) in [5.74, 6) is -0.586. The van der Waals surface area contributed by atoms with Gasteiger partial charge in [0.15, 0.2) is 0 Å². The van der Waals surface area contributed by atoms with E-state index in [4.69, 9.17) is 4.74 Å². The normalized spacial score (nSPS) is 19.4. The Labute approximate surface area is 118 Å². The zero-order valence-electron chi connectivity index (χ0n) is 12.0. The molecule has 1 heterocycles. The number of nitrogens with zero attached hydrogens (tertiary/aromatic N) is 1. The summed E-state index contributed by atoms with van der Waals surface area (Å²) in [6.07, 6.45) is 0.589. The van der Waals surface area contributed by atoms with E-state index in [9.17, 15) is 9.18 Å². The molecule has 1 N–H and O–H groups in total.